The summed E-state index contributed by atoms with van der Waals surface area (Å²) in [6.07, 6.45) is -0.558. The van der Waals surface area contributed by atoms with Crippen molar-refractivity contribution in [3.05, 3.63) is 0 Å². The molecule has 0 saturated heterocycles. The molecule has 0 unspecified atom stereocenters. The minimum atomic E-state index is -0.558. The zero-order chi connectivity index (χ0) is 5.70. The predicted molar refractivity (Wildman–Crippen MR) is 27.7 cm³/mol. The average molecular weight is 120 g/mol. The summed E-state index contributed by atoms with van der Waals surface area (Å²) in [6.45, 7) is 2.08. The number of ether oxygens (including phenoxy) is 1. The van der Waals surface area contributed by atoms with Crippen molar-refractivity contribution in [3.8, 4) is 0 Å². The van der Waals surface area contributed by atoms with E-state index in [1.54, 1.807) is 6.92 Å². The monoisotopic (exact) mass is 120 g/mol. The van der Waals surface area contributed by atoms with Crippen molar-refractivity contribution in [2.45, 2.75) is 6.92 Å². The van der Waals surface area contributed by atoms with Gasteiger partial charge in [0.25, 0.3) is 0 Å². The Hall–Kier alpha value is -0.380. The summed E-state index contributed by atoms with van der Waals surface area (Å²) in [6, 6.07) is 0. The molecule has 0 spiro atoms. The fourth-order valence-electron chi connectivity index (χ4n) is 0.161. The van der Waals surface area contributed by atoms with E-state index in [2.05, 4.69) is 17.6 Å². The Kier molecular flexibility index (Phi) is 3.59. The molecular weight excluding hydrogens is 114 g/mol. The maximum Gasteiger partial charge on any atom is 0.417 e. The van der Waals surface area contributed by atoms with E-state index in [-0.39, 0.29) is 0 Å². The minimum Gasteiger partial charge on any atom is -0.449 e. The molecular formula is C3H6NO2S. The number of carbonyl (C=O) groups excluding carboxylic acids is 1. The maximum absolute atomic E-state index is 9.97. The molecule has 0 aliphatic carbocycles. The maximum atomic E-state index is 9.97. The van der Waals surface area contributed by atoms with E-state index >= 15 is 0 Å². The van der Waals surface area contributed by atoms with Gasteiger partial charge in [-0.15, -0.1) is 0 Å². The third kappa shape index (κ3) is 3.45. The van der Waals surface area contributed by atoms with Crippen LogP contribution in [0.1, 0.15) is 6.92 Å². The second-order valence-corrected chi connectivity index (χ2v) is 1.03. The molecule has 4 heteroatoms. The van der Waals surface area contributed by atoms with E-state index < -0.39 is 6.09 Å². The highest BCUT2D eigenvalue weighted by Crippen LogP contribution is 1.74. The molecule has 0 aliphatic rings. The number of hydrogen-bond donors (Lipinski definition) is 1. The Morgan fingerprint density at radius 3 is 2.71 bits per heavy atom. The first-order valence-electron chi connectivity index (χ1n) is 1.86. The highest BCUT2D eigenvalue weighted by molar-refractivity contribution is 7.78. The van der Waals surface area contributed by atoms with E-state index in [0.717, 1.165) is 0 Å². The molecule has 0 aromatic rings. The molecule has 0 atom stereocenters. The van der Waals surface area contributed by atoms with Gasteiger partial charge in [0.2, 0.25) is 0 Å². The van der Waals surface area contributed by atoms with Crippen LogP contribution in [0, 0.1) is 0 Å². The quantitative estimate of drug-likeness (QED) is 0.557. The Labute approximate surface area is 47.6 Å². The van der Waals surface area contributed by atoms with E-state index in [0.29, 0.717) is 6.61 Å². The highest BCUT2D eigenvalue weighted by atomic mass is 32.1. The lowest BCUT2D eigenvalue weighted by Crippen LogP contribution is -2.13. The van der Waals surface area contributed by atoms with E-state index in [1.807, 2.05) is 4.72 Å². The van der Waals surface area contributed by atoms with Gasteiger partial charge in [-0.25, -0.2) is 4.79 Å². The number of rotatable bonds is 1. The molecule has 41 valence electrons. The minimum absolute atomic E-state index is 0.364. The van der Waals surface area contributed by atoms with Gasteiger partial charge in [-0.1, -0.05) is 0 Å². The zero-order valence-corrected chi connectivity index (χ0v) is 4.75. The molecule has 0 saturated carbocycles. The van der Waals surface area contributed by atoms with E-state index in [9.17, 15) is 4.79 Å². The summed E-state index contributed by atoms with van der Waals surface area (Å²) in [5, 5.41) is 0. The first-order chi connectivity index (χ1) is 3.31. The number of nitrogens with one attached hydrogen (secondary N) is 1. The van der Waals surface area contributed by atoms with Crippen LogP contribution in [0.25, 0.3) is 0 Å². The molecule has 1 N–H and O–H groups in total. The normalized spacial score (nSPS) is 7.71. The van der Waals surface area contributed by atoms with Crippen LogP contribution in [0.3, 0.4) is 0 Å². The largest absolute Gasteiger partial charge is 0.449 e. The summed E-state index contributed by atoms with van der Waals surface area (Å²) in [5.74, 6) is 0. The lowest BCUT2D eigenvalue weighted by Gasteiger charge is -1.94. The average Bonchev–Trinajstić information content (AvgIpc) is 1.68. The molecule has 0 aromatic carbocycles. The second-order valence-electron chi connectivity index (χ2n) is 0.823. The van der Waals surface area contributed by atoms with Crippen molar-refractivity contribution in [2.75, 3.05) is 6.61 Å². The van der Waals surface area contributed by atoms with Crippen molar-refractivity contribution in [3.63, 3.8) is 0 Å². The molecule has 0 heterocycles. The lowest BCUT2D eigenvalue weighted by atomic mass is 10.9. The summed E-state index contributed by atoms with van der Waals surface area (Å²) < 4.78 is 6.22. The molecule has 0 bridgehead atoms. The van der Waals surface area contributed by atoms with Crippen LogP contribution < -0.4 is 4.72 Å². The number of amides is 1. The van der Waals surface area contributed by atoms with Crippen molar-refractivity contribution in [1.29, 1.82) is 0 Å². The predicted octanol–water partition coefficient (Wildman–Crippen LogP) is 0.845. The first-order valence-corrected chi connectivity index (χ1v) is 2.27. The van der Waals surface area contributed by atoms with Gasteiger partial charge in [-0.05, 0) is 6.92 Å². The van der Waals surface area contributed by atoms with Gasteiger partial charge in [0, 0.05) is 12.8 Å². The molecule has 3 nitrogen and oxygen atoms in total. The highest BCUT2D eigenvalue weighted by Gasteiger charge is 1.91. The molecule has 0 rings (SSSR count). The van der Waals surface area contributed by atoms with Crippen LogP contribution in [0.4, 0.5) is 4.79 Å². The Morgan fingerprint density at radius 1 is 2.00 bits per heavy atom. The van der Waals surface area contributed by atoms with Crippen molar-refractivity contribution < 1.29 is 9.53 Å². The third-order valence-corrected chi connectivity index (χ3v) is 0.525. The first kappa shape index (κ1) is 6.62. The van der Waals surface area contributed by atoms with Crippen molar-refractivity contribution in [1.82, 2.24) is 4.72 Å². The standard InChI is InChI=1S/C3H6NO2S/c1-2-6-3(5)4-7/h2H2,1H3,(H,4,5). The SMILES string of the molecule is CCOC(=O)N[S]. The van der Waals surface area contributed by atoms with E-state index in [1.165, 1.54) is 0 Å². The number of carbonyl (C=O) groups is 1. The number of hydrogen-bond acceptors (Lipinski definition) is 2. The Balaban J connectivity index is 3.00. The molecule has 0 aromatic heterocycles. The topological polar surface area (TPSA) is 38.3 Å². The van der Waals surface area contributed by atoms with Crippen LogP contribution in [-0.4, -0.2) is 12.7 Å². The fourth-order valence-corrected chi connectivity index (χ4v) is 0.219. The summed E-state index contributed by atoms with van der Waals surface area (Å²) in [5.41, 5.74) is 0. The van der Waals surface area contributed by atoms with Crippen molar-refractivity contribution >= 4 is 18.9 Å². The van der Waals surface area contributed by atoms with Gasteiger partial charge in [-0.2, -0.15) is 0 Å². The molecule has 1 amide bonds. The van der Waals surface area contributed by atoms with Crippen LogP contribution in [0.5, 0.6) is 0 Å². The molecule has 0 aliphatic heterocycles. The molecule has 1 radical (unpaired) electrons. The smallest absolute Gasteiger partial charge is 0.417 e. The third-order valence-electron chi connectivity index (χ3n) is 0.359. The lowest BCUT2D eigenvalue weighted by molar-refractivity contribution is 0.159. The summed E-state index contributed by atoms with van der Waals surface area (Å²) in [7, 11) is 0. The van der Waals surface area contributed by atoms with Crippen molar-refractivity contribution in [2.24, 2.45) is 0 Å². The van der Waals surface area contributed by atoms with E-state index in [4.69, 9.17) is 0 Å². The van der Waals surface area contributed by atoms with Crippen LogP contribution in [-0.2, 0) is 4.74 Å². The van der Waals surface area contributed by atoms with Crippen LogP contribution in [0.2, 0.25) is 0 Å². The summed E-state index contributed by atoms with van der Waals surface area (Å²) in [4.78, 5) is 9.97. The van der Waals surface area contributed by atoms with Gasteiger partial charge < -0.3 is 4.74 Å². The summed E-state index contributed by atoms with van der Waals surface area (Å²) >= 11 is 4.12. The fraction of sp³-hybridized carbons (Fsp3) is 0.667. The van der Waals surface area contributed by atoms with Gasteiger partial charge in [0.1, 0.15) is 0 Å². The van der Waals surface area contributed by atoms with Gasteiger partial charge >= 0.3 is 6.09 Å². The van der Waals surface area contributed by atoms with Gasteiger partial charge in [0.15, 0.2) is 0 Å². The molecule has 0 fully saturated rings. The van der Waals surface area contributed by atoms with Crippen LogP contribution >= 0.6 is 12.8 Å². The molecule has 7 heavy (non-hydrogen) atoms. The van der Waals surface area contributed by atoms with Gasteiger partial charge in [0.05, 0.1) is 6.61 Å². The Morgan fingerprint density at radius 2 is 2.57 bits per heavy atom. The van der Waals surface area contributed by atoms with Gasteiger partial charge in [-0.3, -0.25) is 4.72 Å². The van der Waals surface area contributed by atoms with Crippen LogP contribution in [0.15, 0.2) is 0 Å². The second kappa shape index (κ2) is 3.80. The zero-order valence-electron chi connectivity index (χ0n) is 3.93. The Bertz CT molecular complexity index is 66.0.